The van der Waals surface area contributed by atoms with E-state index >= 15 is 0 Å². The number of pyridine rings is 1. The standard InChI is InChI=1S/C16H13NO3S/c1-17-13-10-6-5-9-12(13)14(18)15(16(17)19)21(20)11-7-3-2-4-8-11/h2-10,18H,1H3/p-1/t21-/m0/s1. The molecule has 0 radical (unpaired) electrons. The molecule has 0 bridgehead atoms. The van der Waals surface area contributed by atoms with Gasteiger partial charge in [0.1, 0.15) is 4.90 Å². The molecule has 3 aromatic rings. The van der Waals surface area contributed by atoms with Gasteiger partial charge in [0.2, 0.25) is 0 Å². The summed E-state index contributed by atoms with van der Waals surface area (Å²) >= 11 is 0. The van der Waals surface area contributed by atoms with Gasteiger partial charge in [-0.3, -0.25) is 4.79 Å². The second-order valence-corrected chi connectivity index (χ2v) is 6.04. The van der Waals surface area contributed by atoms with Gasteiger partial charge >= 0.3 is 0 Å². The van der Waals surface area contributed by atoms with Crippen molar-refractivity contribution in [1.82, 2.24) is 4.57 Å². The number of benzene rings is 2. The van der Waals surface area contributed by atoms with Crippen molar-refractivity contribution in [2.45, 2.75) is 9.79 Å². The van der Waals surface area contributed by atoms with Crippen LogP contribution in [0.15, 0.2) is 69.2 Å². The molecule has 0 amide bonds. The van der Waals surface area contributed by atoms with E-state index in [4.69, 9.17) is 0 Å². The first-order valence-corrected chi connectivity index (χ1v) is 7.52. The molecule has 0 N–H and O–H groups in total. The van der Waals surface area contributed by atoms with Crippen LogP contribution in [-0.2, 0) is 17.8 Å². The van der Waals surface area contributed by atoms with Crippen molar-refractivity contribution in [2.75, 3.05) is 0 Å². The number of aromatic nitrogens is 1. The Balaban J connectivity index is 2.34. The molecule has 2 aromatic carbocycles. The predicted octanol–water partition coefficient (Wildman–Crippen LogP) is 1.78. The SMILES string of the molecule is Cn1c(=O)c([S@@](=O)c2ccccc2)c([O-])c2ccccc21. The van der Waals surface area contributed by atoms with E-state index in [1.54, 1.807) is 61.6 Å². The summed E-state index contributed by atoms with van der Waals surface area (Å²) in [6.07, 6.45) is 0. The third-order valence-corrected chi connectivity index (χ3v) is 4.79. The molecule has 0 aliphatic carbocycles. The van der Waals surface area contributed by atoms with E-state index in [-0.39, 0.29) is 4.90 Å². The number of hydrogen-bond acceptors (Lipinski definition) is 3. The molecule has 4 nitrogen and oxygen atoms in total. The van der Waals surface area contributed by atoms with Gasteiger partial charge in [-0.25, -0.2) is 4.21 Å². The van der Waals surface area contributed by atoms with Crippen LogP contribution >= 0.6 is 0 Å². The van der Waals surface area contributed by atoms with Gasteiger partial charge in [0, 0.05) is 11.9 Å². The lowest BCUT2D eigenvalue weighted by molar-refractivity contribution is -0.270. The second-order valence-electron chi connectivity index (χ2n) is 4.62. The Morgan fingerprint density at radius 1 is 1.00 bits per heavy atom. The van der Waals surface area contributed by atoms with Gasteiger partial charge in [0.15, 0.2) is 0 Å². The first-order valence-electron chi connectivity index (χ1n) is 6.37. The molecule has 0 saturated carbocycles. The fraction of sp³-hybridized carbons (Fsp3) is 0.0625. The lowest BCUT2D eigenvalue weighted by Crippen LogP contribution is -2.24. The van der Waals surface area contributed by atoms with Crippen LogP contribution in [0.1, 0.15) is 0 Å². The Labute approximate surface area is 123 Å². The fourth-order valence-corrected chi connectivity index (χ4v) is 3.48. The lowest BCUT2D eigenvalue weighted by atomic mass is 10.2. The summed E-state index contributed by atoms with van der Waals surface area (Å²) in [6, 6.07) is 15.4. The number of nitrogens with zero attached hydrogens (tertiary/aromatic N) is 1. The van der Waals surface area contributed by atoms with E-state index in [1.807, 2.05) is 0 Å². The highest BCUT2D eigenvalue weighted by atomic mass is 32.2. The van der Waals surface area contributed by atoms with E-state index < -0.39 is 22.1 Å². The summed E-state index contributed by atoms with van der Waals surface area (Å²) in [6.45, 7) is 0. The van der Waals surface area contributed by atoms with Crippen molar-refractivity contribution < 1.29 is 9.32 Å². The third-order valence-electron chi connectivity index (χ3n) is 3.36. The van der Waals surface area contributed by atoms with E-state index in [0.717, 1.165) is 0 Å². The van der Waals surface area contributed by atoms with Crippen molar-refractivity contribution in [1.29, 1.82) is 0 Å². The van der Waals surface area contributed by atoms with Gasteiger partial charge < -0.3 is 9.67 Å². The zero-order chi connectivity index (χ0) is 15.0. The van der Waals surface area contributed by atoms with Gasteiger partial charge in [0.25, 0.3) is 5.56 Å². The van der Waals surface area contributed by atoms with E-state index in [0.29, 0.717) is 15.8 Å². The zero-order valence-electron chi connectivity index (χ0n) is 11.3. The Kier molecular flexibility index (Phi) is 3.35. The van der Waals surface area contributed by atoms with Gasteiger partial charge in [0.05, 0.1) is 16.3 Å². The quantitative estimate of drug-likeness (QED) is 0.724. The minimum atomic E-state index is -1.78. The molecule has 0 aliphatic rings. The molecule has 0 spiro atoms. The van der Waals surface area contributed by atoms with Crippen LogP contribution < -0.4 is 10.7 Å². The summed E-state index contributed by atoms with van der Waals surface area (Å²) in [5.41, 5.74) is 0.0298. The van der Waals surface area contributed by atoms with Crippen molar-refractivity contribution >= 4 is 21.7 Å². The zero-order valence-corrected chi connectivity index (χ0v) is 12.1. The summed E-state index contributed by atoms with van der Waals surface area (Å²) in [5, 5.41) is 12.9. The monoisotopic (exact) mass is 298 g/mol. The highest BCUT2D eigenvalue weighted by Crippen LogP contribution is 2.27. The predicted molar refractivity (Wildman–Crippen MR) is 79.8 cm³/mol. The van der Waals surface area contributed by atoms with Gasteiger partial charge in [-0.2, -0.15) is 0 Å². The highest BCUT2D eigenvalue weighted by Gasteiger charge is 2.16. The molecule has 1 aromatic heterocycles. The molecular formula is C16H12NO3S-. The van der Waals surface area contributed by atoms with E-state index in [1.165, 1.54) is 4.57 Å². The molecule has 0 fully saturated rings. The maximum absolute atomic E-state index is 12.6. The Morgan fingerprint density at radius 3 is 2.33 bits per heavy atom. The van der Waals surface area contributed by atoms with Gasteiger partial charge in [-0.05, 0) is 23.6 Å². The first-order chi connectivity index (χ1) is 10.1. The Hall–Kier alpha value is -2.40. The number of rotatable bonds is 2. The Bertz CT molecular complexity index is 901. The van der Waals surface area contributed by atoms with E-state index in [2.05, 4.69) is 0 Å². The summed E-state index contributed by atoms with van der Waals surface area (Å²) in [7, 11) is -0.203. The van der Waals surface area contributed by atoms with Crippen LogP contribution in [0.4, 0.5) is 0 Å². The van der Waals surface area contributed by atoms with Gasteiger partial charge in [-0.1, -0.05) is 42.1 Å². The van der Waals surface area contributed by atoms with Crippen molar-refractivity contribution in [3.63, 3.8) is 0 Å². The maximum Gasteiger partial charge on any atom is 0.266 e. The van der Waals surface area contributed by atoms with E-state index in [9.17, 15) is 14.1 Å². The van der Waals surface area contributed by atoms with Crippen molar-refractivity contribution in [3.05, 3.63) is 65.0 Å². The largest absolute Gasteiger partial charge is 0.871 e. The summed E-state index contributed by atoms with van der Waals surface area (Å²) < 4.78 is 13.9. The maximum atomic E-state index is 12.6. The second kappa shape index (κ2) is 5.18. The van der Waals surface area contributed by atoms with Crippen LogP contribution in [0.2, 0.25) is 0 Å². The number of aryl methyl sites for hydroxylation is 1. The van der Waals surface area contributed by atoms with Crippen LogP contribution in [-0.4, -0.2) is 8.78 Å². The molecule has 3 rings (SSSR count). The molecule has 106 valence electrons. The van der Waals surface area contributed by atoms with Gasteiger partial charge in [-0.15, -0.1) is 0 Å². The molecule has 5 heteroatoms. The molecule has 0 saturated heterocycles. The molecular weight excluding hydrogens is 286 g/mol. The van der Waals surface area contributed by atoms with Crippen LogP contribution in [0.3, 0.4) is 0 Å². The average molecular weight is 298 g/mol. The molecule has 1 atom stereocenters. The Morgan fingerprint density at radius 2 is 1.62 bits per heavy atom. The first kappa shape index (κ1) is 13.6. The fourth-order valence-electron chi connectivity index (χ4n) is 2.26. The molecule has 1 heterocycles. The third kappa shape index (κ3) is 2.15. The smallest absolute Gasteiger partial charge is 0.266 e. The normalized spacial score (nSPS) is 12.4. The van der Waals surface area contributed by atoms with Crippen LogP contribution in [0, 0.1) is 0 Å². The minimum Gasteiger partial charge on any atom is -0.871 e. The topological polar surface area (TPSA) is 62.1 Å². The number of para-hydroxylation sites is 1. The molecule has 21 heavy (non-hydrogen) atoms. The van der Waals surface area contributed by atoms with Crippen molar-refractivity contribution in [2.24, 2.45) is 7.05 Å². The average Bonchev–Trinajstić information content (AvgIpc) is 2.53. The number of hydrogen-bond donors (Lipinski definition) is 0. The summed E-state index contributed by atoms with van der Waals surface area (Å²) in [5.74, 6) is -0.462. The minimum absolute atomic E-state index is 0.192. The number of fused-ring (bicyclic) bond motifs is 1. The van der Waals surface area contributed by atoms with Crippen LogP contribution in [0.5, 0.6) is 5.75 Å². The van der Waals surface area contributed by atoms with Crippen molar-refractivity contribution in [3.8, 4) is 5.75 Å². The molecule has 0 unspecified atom stereocenters. The van der Waals surface area contributed by atoms with Crippen LogP contribution in [0.25, 0.3) is 10.9 Å². The highest BCUT2D eigenvalue weighted by molar-refractivity contribution is 7.85. The molecule has 0 aliphatic heterocycles. The summed E-state index contributed by atoms with van der Waals surface area (Å²) in [4.78, 5) is 12.6. The lowest BCUT2D eigenvalue weighted by Gasteiger charge is -2.18.